The van der Waals surface area contributed by atoms with Crippen molar-refractivity contribution in [3.05, 3.63) is 23.8 Å². The number of nitrogens with zero attached hydrogens (tertiary/aromatic N) is 1. The van der Waals surface area contributed by atoms with Gasteiger partial charge in [0.25, 0.3) is 5.91 Å². The van der Waals surface area contributed by atoms with Gasteiger partial charge in [0, 0.05) is 25.2 Å². The van der Waals surface area contributed by atoms with Crippen LogP contribution in [-0.4, -0.2) is 55.3 Å². The number of carbonyl (C=O) groups excluding carboxylic acids is 2. The van der Waals surface area contributed by atoms with Gasteiger partial charge in [-0.1, -0.05) is 0 Å². The molecule has 0 spiro atoms. The van der Waals surface area contributed by atoms with E-state index in [1.54, 1.807) is 18.2 Å². The number of ether oxygens (including phenoxy) is 3. The van der Waals surface area contributed by atoms with Crippen LogP contribution in [0, 0.1) is 5.92 Å². The van der Waals surface area contributed by atoms with Crippen LogP contribution in [0.3, 0.4) is 0 Å². The minimum atomic E-state index is -0.497. The highest BCUT2D eigenvalue weighted by Crippen LogP contribution is 2.31. The van der Waals surface area contributed by atoms with Crippen molar-refractivity contribution in [2.24, 2.45) is 5.92 Å². The molecular weight excluding hydrogens is 348 g/mol. The average Bonchev–Trinajstić information content (AvgIpc) is 2.64. The number of rotatable bonds is 3. The van der Waals surface area contributed by atoms with E-state index in [4.69, 9.17) is 14.2 Å². The van der Waals surface area contributed by atoms with E-state index in [2.05, 4.69) is 5.32 Å². The minimum absolute atomic E-state index is 0.00512. The van der Waals surface area contributed by atoms with Gasteiger partial charge in [-0.05, 0) is 57.7 Å². The van der Waals surface area contributed by atoms with Gasteiger partial charge in [-0.2, -0.15) is 0 Å². The molecule has 0 aliphatic carbocycles. The van der Waals surface area contributed by atoms with E-state index in [1.807, 2.05) is 25.7 Å². The van der Waals surface area contributed by atoms with Crippen molar-refractivity contribution in [2.75, 3.05) is 32.8 Å². The fourth-order valence-corrected chi connectivity index (χ4v) is 3.24. The summed E-state index contributed by atoms with van der Waals surface area (Å²) in [5.74, 6) is 1.67. The number of nitrogens with one attached hydrogen (secondary N) is 1. The van der Waals surface area contributed by atoms with Crippen LogP contribution in [0.4, 0.5) is 4.79 Å². The highest BCUT2D eigenvalue weighted by molar-refractivity contribution is 5.95. The zero-order chi connectivity index (χ0) is 19.4. The Morgan fingerprint density at radius 2 is 1.81 bits per heavy atom. The monoisotopic (exact) mass is 376 g/mol. The zero-order valence-electron chi connectivity index (χ0n) is 16.2. The van der Waals surface area contributed by atoms with Crippen molar-refractivity contribution in [1.82, 2.24) is 10.2 Å². The molecule has 0 saturated carbocycles. The Hall–Kier alpha value is -2.44. The van der Waals surface area contributed by atoms with E-state index in [1.165, 1.54) is 0 Å². The van der Waals surface area contributed by atoms with E-state index < -0.39 is 11.7 Å². The molecule has 7 heteroatoms. The van der Waals surface area contributed by atoms with Gasteiger partial charge in [0.15, 0.2) is 11.5 Å². The predicted octanol–water partition coefficient (Wildman–Crippen LogP) is 2.83. The summed E-state index contributed by atoms with van der Waals surface area (Å²) in [6.45, 7) is 8.48. The molecule has 2 aliphatic heterocycles. The number of hydrogen-bond donors (Lipinski definition) is 1. The zero-order valence-corrected chi connectivity index (χ0v) is 16.2. The summed E-state index contributed by atoms with van der Waals surface area (Å²) in [5.41, 5.74) is 0.119. The molecule has 1 N–H and O–H groups in total. The number of carbonyl (C=O) groups is 2. The normalized spacial score (nSPS) is 17.4. The summed E-state index contributed by atoms with van der Waals surface area (Å²) >= 11 is 0. The molecule has 1 aromatic rings. The first-order chi connectivity index (χ1) is 12.8. The van der Waals surface area contributed by atoms with Crippen LogP contribution < -0.4 is 14.8 Å². The number of hydrogen-bond acceptors (Lipinski definition) is 5. The molecule has 2 heterocycles. The van der Waals surface area contributed by atoms with Crippen molar-refractivity contribution < 1.29 is 23.8 Å². The van der Waals surface area contributed by atoms with E-state index in [9.17, 15) is 9.59 Å². The summed E-state index contributed by atoms with van der Waals surface area (Å²) in [6.07, 6.45) is 1.32. The molecule has 3 rings (SSSR count). The molecule has 148 valence electrons. The summed E-state index contributed by atoms with van der Waals surface area (Å²) in [5, 5.41) is 2.82. The van der Waals surface area contributed by atoms with Gasteiger partial charge in [0.2, 0.25) is 0 Å². The minimum Gasteiger partial charge on any atom is -0.486 e. The van der Waals surface area contributed by atoms with Crippen LogP contribution >= 0.6 is 0 Å². The van der Waals surface area contributed by atoms with Crippen molar-refractivity contribution in [1.29, 1.82) is 0 Å². The van der Waals surface area contributed by atoms with Gasteiger partial charge in [-0.15, -0.1) is 0 Å². The highest BCUT2D eigenvalue weighted by atomic mass is 16.6. The third-order valence-corrected chi connectivity index (χ3v) is 4.62. The number of amides is 2. The second-order valence-corrected chi connectivity index (χ2v) is 7.98. The fourth-order valence-electron chi connectivity index (χ4n) is 3.24. The van der Waals surface area contributed by atoms with Gasteiger partial charge in [-0.25, -0.2) is 4.79 Å². The second kappa shape index (κ2) is 8.06. The summed E-state index contributed by atoms with van der Waals surface area (Å²) in [6, 6.07) is 5.33. The summed E-state index contributed by atoms with van der Waals surface area (Å²) in [4.78, 5) is 26.4. The lowest BCUT2D eigenvalue weighted by Gasteiger charge is -2.32. The van der Waals surface area contributed by atoms with Gasteiger partial charge >= 0.3 is 6.09 Å². The number of likely N-dealkylation sites (tertiary alicyclic amines) is 1. The number of benzene rings is 1. The Morgan fingerprint density at radius 3 is 2.48 bits per heavy atom. The maximum absolute atomic E-state index is 12.8. The first kappa shape index (κ1) is 19.3. The lowest BCUT2D eigenvalue weighted by molar-refractivity contribution is 0.0500. The van der Waals surface area contributed by atoms with Crippen LogP contribution in [0.2, 0.25) is 0 Å². The molecule has 0 atom stereocenters. The highest BCUT2D eigenvalue weighted by Gasteiger charge is 2.25. The van der Waals surface area contributed by atoms with Gasteiger partial charge in [0.05, 0.1) is 0 Å². The summed E-state index contributed by atoms with van der Waals surface area (Å²) in [7, 11) is 0. The second-order valence-electron chi connectivity index (χ2n) is 7.98. The fraction of sp³-hybridized carbons (Fsp3) is 0.600. The molecule has 0 unspecified atom stereocenters. The smallest absolute Gasteiger partial charge is 0.407 e. The van der Waals surface area contributed by atoms with Gasteiger partial charge in [0.1, 0.15) is 18.8 Å². The maximum atomic E-state index is 12.8. The first-order valence-corrected chi connectivity index (χ1v) is 9.47. The van der Waals surface area contributed by atoms with Gasteiger partial charge in [-0.3, -0.25) is 4.79 Å². The van der Waals surface area contributed by atoms with E-state index in [0.29, 0.717) is 55.8 Å². The molecule has 27 heavy (non-hydrogen) atoms. The number of alkyl carbamates (subject to hydrolysis) is 1. The van der Waals surface area contributed by atoms with Crippen molar-refractivity contribution in [3.8, 4) is 11.5 Å². The molecule has 0 radical (unpaired) electrons. The van der Waals surface area contributed by atoms with E-state index in [-0.39, 0.29) is 5.91 Å². The van der Waals surface area contributed by atoms with E-state index in [0.717, 1.165) is 12.8 Å². The number of piperidine rings is 1. The third kappa shape index (κ3) is 5.28. The molecule has 2 aliphatic rings. The molecule has 1 saturated heterocycles. The summed E-state index contributed by atoms with van der Waals surface area (Å²) < 4.78 is 16.3. The molecule has 0 bridgehead atoms. The standard InChI is InChI=1S/C20H28N2O5/c1-20(2,3)27-19(24)21-13-14-6-8-22(9-7-14)18(23)15-4-5-16-17(12-15)26-11-10-25-16/h4-5,12,14H,6-11,13H2,1-3H3,(H,21,24). The van der Waals surface area contributed by atoms with Crippen LogP contribution in [0.25, 0.3) is 0 Å². The SMILES string of the molecule is CC(C)(C)OC(=O)NCC1CCN(C(=O)c2ccc3c(c2)OCCO3)CC1. The molecule has 0 aromatic heterocycles. The molecule has 2 amide bonds. The van der Waals surface area contributed by atoms with Crippen molar-refractivity contribution >= 4 is 12.0 Å². The number of fused-ring (bicyclic) bond motifs is 1. The van der Waals surface area contributed by atoms with Crippen molar-refractivity contribution in [3.63, 3.8) is 0 Å². The van der Waals surface area contributed by atoms with Crippen LogP contribution in [0.1, 0.15) is 44.0 Å². The lowest BCUT2D eigenvalue weighted by atomic mass is 9.96. The predicted molar refractivity (Wildman–Crippen MR) is 100 cm³/mol. The van der Waals surface area contributed by atoms with Crippen LogP contribution in [0.15, 0.2) is 18.2 Å². The topological polar surface area (TPSA) is 77.1 Å². The molecular formula is C20H28N2O5. The quantitative estimate of drug-likeness (QED) is 0.878. The Bertz CT molecular complexity index is 690. The van der Waals surface area contributed by atoms with Crippen molar-refractivity contribution in [2.45, 2.75) is 39.2 Å². The Morgan fingerprint density at radius 1 is 1.15 bits per heavy atom. The van der Waals surface area contributed by atoms with E-state index >= 15 is 0 Å². The lowest BCUT2D eigenvalue weighted by Crippen LogP contribution is -2.42. The van der Waals surface area contributed by atoms with Crippen LogP contribution in [0.5, 0.6) is 11.5 Å². The van der Waals surface area contributed by atoms with Gasteiger partial charge < -0.3 is 24.4 Å². The third-order valence-electron chi connectivity index (χ3n) is 4.62. The first-order valence-electron chi connectivity index (χ1n) is 9.47. The maximum Gasteiger partial charge on any atom is 0.407 e. The molecule has 7 nitrogen and oxygen atoms in total. The molecule has 1 aromatic carbocycles. The Balaban J connectivity index is 1.47. The largest absolute Gasteiger partial charge is 0.486 e. The van der Waals surface area contributed by atoms with Crippen LogP contribution in [-0.2, 0) is 4.74 Å². The Kier molecular flexibility index (Phi) is 5.77. The molecule has 1 fully saturated rings. The average molecular weight is 376 g/mol. The Labute approximate surface area is 160 Å².